The van der Waals surface area contributed by atoms with E-state index in [2.05, 4.69) is 25.1 Å². The Morgan fingerprint density at radius 2 is 2.18 bits per heavy atom. The molecule has 22 heavy (non-hydrogen) atoms. The molecule has 0 spiro atoms. The van der Waals surface area contributed by atoms with Crippen molar-refractivity contribution in [1.29, 1.82) is 0 Å². The number of aryl methyl sites for hydroxylation is 2. The first kappa shape index (κ1) is 13.7. The van der Waals surface area contributed by atoms with E-state index in [9.17, 15) is 0 Å². The summed E-state index contributed by atoms with van der Waals surface area (Å²) in [7, 11) is 3.92. The molecule has 0 N–H and O–H groups in total. The number of hydrogen-bond acceptors (Lipinski definition) is 7. The highest BCUT2D eigenvalue weighted by atomic mass is 32.1. The minimum Gasteiger partial charge on any atom is -0.343 e. The Hall–Kier alpha value is -1.96. The van der Waals surface area contributed by atoms with Crippen LogP contribution in [-0.2, 0) is 13.6 Å². The lowest BCUT2D eigenvalue weighted by Crippen LogP contribution is -2.17. The van der Waals surface area contributed by atoms with E-state index in [1.807, 2.05) is 25.7 Å². The van der Waals surface area contributed by atoms with E-state index >= 15 is 0 Å². The average molecular weight is 318 g/mol. The molecule has 0 unspecified atom stereocenters. The second-order valence-electron chi connectivity index (χ2n) is 5.89. The highest BCUT2D eigenvalue weighted by molar-refractivity contribution is 7.22. The molecular weight excluding hydrogens is 300 g/mol. The third-order valence-electron chi connectivity index (χ3n) is 4.18. The lowest BCUT2D eigenvalue weighted by molar-refractivity contribution is 0.291. The second kappa shape index (κ2) is 5.05. The third-order valence-corrected chi connectivity index (χ3v) is 5.44. The van der Waals surface area contributed by atoms with Crippen molar-refractivity contribution in [3.05, 3.63) is 17.4 Å². The van der Waals surface area contributed by atoms with Crippen molar-refractivity contribution < 1.29 is 4.52 Å². The smallest absolute Gasteiger partial charge is 0.229 e. The normalized spacial score (nSPS) is 15.4. The molecule has 0 atom stereocenters. The number of nitrogens with zero attached hydrogens (tertiary/aromatic N) is 6. The Morgan fingerprint density at radius 1 is 1.36 bits per heavy atom. The van der Waals surface area contributed by atoms with Crippen LogP contribution in [0, 0.1) is 6.92 Å². The van der Waals surface area contributed by atoms with Gasteiger partial charge in [-0.25, -0.2) is 9.67 Å². The first-order chi connectivity index (χ1) is 10.6. The van der Waals surface area contributed by atoms with Crippen LogP contribution in [0.5, 0.6) is 0 Å². The molecular formula is C14H18N6OS. The standard InChI is InChI=1S/C14H18N6OS/c1-8-11-12(20(3)17-8)16-14(22-11)19(2)7-10-15-13(21-18-10)9-5-4-6-9/h9H,4-7H2,1-3H3. The lowest BCUT2D eigenvalue weighted by Gasteiger charge is -2.20. The highest BCUT2D eigenvalue weighted by Crippen LogP contribution is 2.35. The molecule has 1 saturated carbocycles. The number of anilines is 1. The number of rotatable bonds is 4. The maximum absolute atomic E-state index is 5.37. The second-order valence-corrected chi connectivity index (χ2v) is 6.87. The van der Waals surface area contributed by atoms with Crippen molar-refractivity contribution >= 4 is 26.8 Å². The van der Waals surface area contributed by atoms with Gasteiger partial charge in [-0.05, 0) is 19.8 Å². The molecule has 1 fully saturated rings. The molecule has 1 aliphatic carbocycles. The van der Waals surface area contributed by atoms with Gasteiger partial charge >= 0.3 is 0 Å². The van der Waals surface area contributed by atoms with Gasteiger partial charge in [0.15, 0.2) is 16.6 Å². The van der Waals surface area contributed by atoms with Gasteiger partial charge in [-0.2, -0.15) is 10.1 Å². The van der Waals surface area contributed by atoms with E-state index < -0.39 is 0 Å². The van der Waals surface area contributed by atoms with Gasteiger partial charge in [0, 0.05) is 20.0 Å². The zero-order valence-corrected chi connectivity index (χ0v) is 13.7. The van der Waals surface area contributed by atoms with E-state index in [-0.39, 0.29) is 0 Å². The number of fused-ring (bicyclic) bond motifs is 1. The molecule has 0 bridgehead atoms. The molecule has 4 rings (SSSR count). The Bertz CT molecular complexity index is 780. The van der Waals surface area contributed by atoms with Crippen LogP contribution in [0.25, 0.3) is 10.3 Å². The highest BCUT2D eigenvalue weighted by Gasteiger charge is 2.25. The van der Waals surface area contributed by atoms with Crippen LogP contribution in [0.1, 0.15) is 42.6 Å². The summed E-state index contributed by atoms with van der Waals surface area (Å²) in [6.07, 6.45) is 3.60. The van der Waals surface area contributed by atoms with Crippen LogP contribution in [0.4, 0.5) is 5.13 Å². The Morgan fingerprint density at radius 3 is 2.86 bits per heavy atom. The fourth-order valence-electron chi connectivity index (χ4n) is 2.67. The molecule has 1 aliphatic rings. The van der Waals surface area contributed by atoms with Gasteiger partial charge in [-0.1, -0.05) is 22.9 Å². The minimum atomic E-state index is 0.475. The summed E-state index contributed by atoms with van der Waals surface area (Å²) in [5.41, 5.74) is 1.94. The van der Waals surface area contributed by atoms with Crippen LogP contribution in [-0.4, -0.2) is 32.0 Å². The van der Waals surface area contributed by atoms with Crippen LogP contribution in [0.2, 0.25) is 0 Å². The zero-order chi connectivity index (χ0) is 15.3. The van der Waals surface area contributed by atoms with Crippen molar-refractivity contribution in [3.8, 4) is 0 Å². The quantitative estimate of drug-likeness (QED) is 0.736. The minimum absolute atomic E-state index is 0.475. The van der Waals surface area contributed by atoms with Crippen molar-refractivity contribution in [2.75, 3.05) is 11.9 Å². The maximum atomic E-state index is 5.37. The molecule has 0 amide bonds. The van der Waals surface area contributed by atoms with Crippen LogP contribution in [0.3, 0.4) is 0 Å². The third kappa shape index (κ3) is 2.18. The van der Waals surface area contributed by atoms with Gasteiger partial charge in [0.05, 0.1) is 16.9 Å². The molecule has 116 valence electrons. The maximum Gasteiger partial charge on any atom is 0.229 e. The van der Waals surface area contributed by atoms with Gasteiger partial charge in [0.25, 0.3) is 0 Å². The predicted molar refractivity (Wildman–Crippen MR) is 84.1 cm³/mol. The predicted octanol–water partition coefficient (Wildman–Crippen LogP) is 2.63. The van der Waals surface area contributed by atoms with Gasteiger partial charge in [0.2, 0.25) is 5.89 Å². The van der Waals surface area contributed by atoms with Gasteiger partial charge in [0.1, 0.15) is 0 Å². The molecule has 8 heteroatoms. The Kier molecular flexibility index (Phi) is 3.14. The molecule has 0 aliphatic heterocycles. The lowest BCUT2D eigenvalue weighted by atomic mass is 9.85. The number of thiazole rings is 1. The molecule has 0 aromatic carbocycles. The number of hydrogen-bond donors (Lipinski definition) is 0. The topological polar surface area (TPSA) is 72.9 Å². The van der Waals surface area contributed by atoms with Crippen molar-refractivity contribution in [1.82, 2.24) is 24.9 Å². The zero-order valence-electron chi connectivity index (χ0n) is 12.9. The van der Waals surface area contributed by atoms with E-state index in [1.165, 1.54) is 19.3 Å². The number of aromatic nitrogens is 5. The molecule has 7 nitrogen and oxygen atoms in total. The molecule has 3 aromatic heterocycles. The van der Waals surface area contributed by atoms with Gasteiger partial charge in [-0.15, -0.1) is 0 Å². The summed E-state index contributed by atoms with van der Waals surface area (Å²) < 4.78 is 8.32. The van der Waals surface area contributed by atoms with Crippen molar-refractivity contribution in [2.45, 2.75) is 38.6 Å². The summed E-state index contributed by atoms with van der Waals surface area (Å²) >= 11 is 1.65. The Balaban J connectivity index is 1.53. The summed E-state index contributed by atoms with van der Waals surface area (Å²) in [6, 6.07) is 0. The van der Waals surface area contributed by atoms with Crippen LogP contribution in [0.15, 0.2) is 4.52 Å². The molecule has 0 saturated heterocycles. The van der Waals surface area contributed by atoms with Crippen LogP contribution >= 0.6 is 11.3 Å². The summed E-state index contributed by atoms with van der Waals surface area (Å²) in [4.78, 5) is 11.2. The van der Waals surface area contributed by atoms with E-state index in [0.717, 1.165) is 32.9 Å². The van der Waals surface area contributed by atoms with Crippen molar-refractivity contribution in [3.63, 3.8) is 0 Å². The van der Waals surface area contributed by atoms with Crippen molar-refractivity contribution in [2.24, 2.45) is 7.05 Å². The fourth-order valence-corrected chi connectivity index (χ4v) is 3.66. The summed E-state index contributed by atoms with van der Waals surface area (Å²) in [6.45, 7) is 2.61. The average Bonchev–Trinajstić information content (AvgIpc) is 3.08. The SMILES string of the molecule is Cc1nn(C)c2nc(N(C)Cc3noc(C4CCC4)n3)sc12. The van der Waals surface area contributed by atoms with Gasteiger partial charge < -0.3 is 9.42 Å². The first-order valence-electron chi connectivity index (χ1n) is 7.45. The molecule has 3 heterocycles. The van der Waals surface area contributed by atoms with E-state index in [4.69, 9.17) is 4.52 Å². The van der Waals surface area contributed by atoms with E-state index in [0.29, 0.717) is 12.5 Å². The van der Waals surface area contributed by atoms with Gasteiger partial charge in [-0.3, -0.25) is 0 Å². The monoisotopic (exact) mass is 318 g/mol. The Labute approximate surface area is 131 Å². The fraction of sp³-hybridized carbons (Fsp3) is 0.571. The van der Waals surface area contributed by atoms with Crippen LogP contribution < -0.4 is 4.90 Å². The van der Waals surface area contributed by atoms with E-state index in [1.54, 1.807) is 11.3 Å². The largest absolute Gasteiger partial charge is 0.343 e. The summed E-state index contributed by atoms with van der Waals surface area (Å²) in [5.74, 6) is 1.99. The molecule has 0 radical (unpaired) electrons. The summed E-state index contributed by atoms with van der Waals surface area (Å²) in [5, 5.41) is 9.42. The first-order valence-corrected chi connectivity index (χ1v) is 8.27. The molecule has 3 aromatic rings.